The molecule has 0 spiro atoms. The first kappa shape index (κ1) is 14.7. The molecule has 4 nitrogen and oxygen atoms in total. The van der Waals surface area contributed by atoms with Crippen molar-refractivity contribution in [2.45, 2.75) is 39.0 Å². The SMILES string of the molecule is CC(C)N(C)C(=O)[C@H]1NCCO[C@@H]1C.Cl. The van der Waals surface area contributed by atoms with E-state index in [1.165, 1.54) is 0 Å². The van der Waals surface area contributed by atoms with Gasteiger partial charge < -0.3 is 15.0 Å². The summed E-state index contributed by atoms with van der Waals surface area (Å²) in [6.45, 7) is 7.39. The number of nitrogens with one attached hydrogen (secondary N) is 1. The lowest BCUT2D eigenvalue weighted by Crippen LogP contribution is -2.56. The normalized spacial score (nSPS) is 25.9. The molecule has 90 valence electrons. The van der Waals surface area contributed by atoms with Gasteiger partial charge in [-0.15, -0.1) is 12.4 Å². The standard InChI is InChI=1S/C10H20N2O2.ClH/c1-7(2)12(4)10(13)9-8(3)14-6-5-11-9;/h7-9,11H,5-6H2,1-4H3;1H/t8-,9+;/m1./s1. The summed E-state index contributed by atoms with van der Waals surface area (Å²) in [4.78, 5) is 13.7. The van der Waals surface area contributed by atoms with Crippen LogP contribution in [0.3, 0.4) is 0 Å². The monoisotopic (exact) mass is 236 g/mol. The van der Waals surface area contributed by atoms with Gasteiger partial charge in [0.05, 0.1) is 12.7 Å². The minimum absolute atomic E-state index is 0. The van der Waals surface area contributed by atoms with Crippen LogP contribution in [0.5, 0.6) is 0 Å². The summed E-state index contributed by atoms with van der Waals surface area (Å²) >= 11 is 0. The molecule has 0 aliphatic carbocycles. The molecule has 1 heterocycles. The Morgan fingerprint density at radius 2 is 2.13 bits per heavy atom. The van der Waals surface area contributed by atoms with Gasteiger partial charge in [0, 0.05) is 19.6 Å². The molecule has 0 aromatic rings. The first-order valence-electron chi connectivity index (χ1n) is 5.15. The molecule has 1 rings (SSSR count). The lowest BCUT2D eigenvalue weighted by molar-refractivity contribution is -0.139. The van der Waals surface area contributed by atoms with Crippen molar-refractivity contribution in [1.82, 2.24) is 10.2 Å². The molecule has 15 heavy (non-hydrogen) atoms. The molecule has 1 aliphatic rings. The molecule has 0 bridgehead atoms. The molecule has 1 amide bonds. The summed E-state index contributed by atoms with van der Waals surface area (Å²) in [5, 5.41) is 3.19. The van der Waals surface area contributed by atoms with E-state index in [9.17, 15) is 4.79 Å². The lowest BCUT2D eigenvalue weighted by Gasteiger charge is -2.33. The van der Waals surface area contributed by atoms with Crippen molar-refractivity contribution in [3.63, 3.8) is 0 Å². The van der Waals surface area contributed by atoms with Crippen molar-refractivity contribution in [1.29, 1.82) is 0 Å². The first-order chi connectivity index (χ1) is 6.54. The number of hydrogen-bond donors (Lipinski definition) is 1. The average Bonchev–Trinajstić information content (AvgIpc) is 2.16. The van der Waals surface area contributed by atoms with Crippen molar-refractivity contribution >= 4 is 18.3 Å². The maximum Gasteiger partial charge on any atom is 0.242 e. The van der Waals surface area contributed by atoms with Gasteiger partial charge >= 0.3 is 0 Å². The van der Waals surface area contributed by atoms with E-state index in [2.05, 4.69) is 5.32 Å². The van der Waals surface area contributed by atoms with Crippen LogP contribution in [-0.4, -0.2) is 49.2 Å². The highest BCUT2D eigenvalue weighted by Crippen LogP contribution is 2.08. The highest BCUT2D eigenvalue weighted by atomic mass is 35.5. The van der Waals surface area contributed by atoms with Crippen molar-refractivity contribution in [3.8, 4) is 0 Å². The first-order valence-corrected chi connectivity index (χ1v) is 5.15. The molecule has 5 heteroatoms. The number of carbonyl (C=O) groups excluding carboxylic acids is 1. The van der Waals surface area contributed by atoms with E-state index in [0.29, 0.717) is 6.61 Å². The second-order valence-corrected chi connectivity index (χ2v) is 4.05. The maximum absolute atomic E-state index is 11.9. The van der Waals surface area contributed by atoms with Gasteiger partial charge in [-0.1, -0.05) is 0 Å². The molecule has 1 fully saturated rings. The molecule has 0 aromatic heterocycles. The fourth-order valence-electron chi connectivity index (χ4n) is 1.48. The van der Waals surface area contributed by atoms with Crippen molar-refractivity contribution in [3.05, 3.63) is 0 Å². The van der Waals surface area contributed by atoms with E-state index < -0.39 is 0 Å². The fraction of sp³-hybridized carbons (Fsp3) is 0.900. The number of carbonyl (C=O) groups is 1. The second kappa shape index (κ2) is 6.30. The third kappa shape index (κ3) is 3.63. The zero-order valence-corrected chi connectivity index (χ0v) is 10.6. The maximum atomic E-state index is 11.9. The summed E-state index contributed by atoms with van der Waals surface area (Å²) in [7, 11) is 1.83. The summed E-state index contributed by atoms with van der Waals surface area (Å²) in [6.07, 6.45) is -0.0301. The van der Waals surface area contributed by atoms with Gasteiger partial charge in [0.1, 0.15) is 6.04 Å². The number of morpholine rings is 1. The number of nitrogens with zero attached hydrogens (tertiary/aromatic N) is 1. The third-order valence-corrected chi connectivity index (χ3v) is 2.70. The Balaban J connectivity index is 0.00000196. The van der Waals surface area contributed by atoms with Crippen LogP contribution in [0.1, 0.15) is 20.8 Å². The number of hydrogen-bond acceptors (Lipinski definition) is 3. The number of halogens is 1. The van der Waals surface area contributed by atoms with Crippen LogP contribution in [0.2, 0.25) is 0 Å². The summed E-state index contributed by atoms with van der Waals surface area (Å²) < 4.78 is 5.43. The predicted octanol–water partition coefficient (Wildman–Crippen LogP) is 0.652. The molecular formula is C10H21ClN2O2. The van der Waals surface area contributed by atoms with E-state index in [4.69, 9.17) is 4.74 Å². The Morgan fingerprint density at radius 3 is 2.60 bits per heavy atom. The van der Waals surface area contributed by atoms with Gasteiger partial charge in [-0.05, 0) is 20.8 Å². The molecular weight excluding hydrogens is 216 g/mol. The molecule has 1 aliphatic heterocycles. The Kier molecular flexibility index (Phi) is 6.17. The quantitative estimate of drug-likeness (QED) is 0.766. The van der Waals surface area contributed by atoms with Crippen LogP contribution >= 0.6 is 12.4 Å². The Bertz CT molecular complexity index is 212. The lowest BCUT2D eigenvalue weighted by atomic mass is 10.1. The second-order valence-electron chi connectivity index (χ2n) is 4.05. The topological polar surface area (TPSA) is 41.6 Å². The van der Waals surface area contributed by atoms with E-state index in [-0.39, 0.29) is 36.5 Å². The summed E-state index contributed by atoms with van der Waals surface area (Å²) in [5.41, 5.74) is 0. The predicted molar refractivity (Wildman–Crippen MR) is 62.4 cm³/mol. The third-order valence-electron chi connectivity index (χ3n) is 2.70. The van der Waals surface area contributed by atoms with Crippen LogP contribution in [-0.2, 0) is 9.53 Å². The van der Waals surface area contributed by atoms with Crippen molar-refractivity contribution < 1.29 is 9.53 Å². The van der Waals surface area contributed by atoms with Gasteiger partial charge in [-0.2, -0.15) is 0 Å². The summed E-state index contributed by atoms with van der Waals surface area (Å²) in [6, 6.07) is 0.0505. The van der Waals surface area contributed by atoms with Crippen molar-refractivity contribution in [2.24, 2.45) is 0 Å². The molecule has 0 radical (unpaired) electrons. The van der Waals surface area contributed by atoms with Gasteiger partial charge in [0.25, 0.3) is 0 Å². The molecule has 0 aromatic carbocycles. The van der Waals surface area contributed by atoms with Crippen molar-refractivity contribution in [2.75, 3.05) is 20.2 Å². The van der Waals surface area contributed by atoms with E-state index in [1.807, 2.05) is 27.8 Å². The van der Waals surface area contributed by atoms with Gasteiger partial charge in [0.15, 0.2) is 0 Å². The van der Waals surface area contributed by atoms with Gasteiger partial charge in [0.2, 0.25) is 5.91 Å². The minimum atomic E-state index is -0.184. The smallest absolute Gasteiger partial charge is 0.242 e. The van der Waals surface area contributed by atoms with Crippen LogP contribution < -0.4 is 5.32 Å². The molecule has 1 N–H and O–H groups in total. The average molecular weight is 237 g/mol. The van der Waals surface area contributed by atoms with Gasteiger partial charge in [-0.3, -0.25) is 4.79 Å². The molecule has 0 saturated carbocycles. The van der Waals surface area contributed by atoms with E-state index in [0.717, 1.165) is 6.54 Å². The largest absolute Gasteiger partial charge is 0.375 e. The zero-order valence-electron chi connectivity index (χ0n) is 9.82. The Labute approximate surface area is 97.8 Å². The number of likely N-dealkylation sites (N-methyl/N-ethyl adjacent to an activating group) is 1. The van der Waals surface area contributed by atoms with E-state index in [1.54, 1.807) is 4.90 Å². The van der Waals surface area contributed by atoms with Crippen LogP contribution in [0, 0.1) is 0 Å². The number of amides is 1. The van der Waals surface area contributed by atoms with Gasteiger partial charge in [-0.25, -0.2) is 0 Å². The molecule has 0 unspecified atom stereocenters. The van der Waals surface area contributed by atoms with Crippen LogP contribution in [0.4, 0.5) is 0 Å². The molecule has 1 saturated heterocycles. The fourth-order valence-corrected chi connectivity index (χ4v) is 1.48. The van der Waals surface area contributed by atoms with E-state index >= 15 is 0 Å². The minimum Gasteiger partial charge on any atom is -0.375 e. The highest BCUT2D eigenvalue weighted by molar-refractivity contribution is 5.85. The zero-order chi connectivity index (χ0) is 10.7. The Morgan fingerprint density at radius 1 is 1.53 bits per heavy atom. The Hall–Kier alpha value is -0.320. The summed E-state index contributed by atoms with van der Waals surface area (Å²) in [5.74, 6) is 0.118. The highest BCUT2D eigenvalue weighted by Gasteiger charge is 2.31. The number of rotatable bonds is 2. The molecule has 2 atom stereocenters. The van der Waals surface area contributed by atoms with Crippen LogP contribution in [0.25, 0.3) is 0 Å². The van der Waals surface area contributed by atoms with Crippen LogP contribution in [0.15, 0.2) is 0 Å². The number of ether oxygens (including phenoxy) is 1.